The van der Waals surface area contributed by atoms with E-state index in [2.05, 4.69) is 5.32 Å². The standard InChI is InChI=1S/C22H21ClN2O4/c1-13(16-9-5-7-14-6-3-4-8-17(14)16)25-22(27)15-10-18(23)21(19(11-15)28-2)29-12-20(24)26/h3-11,13H,12H2,1-2H3,(H2,24,26)(H,25,27). The number of halogens is 1. The summed E-state index contributed by atoms with van der Waals surface area (Å²) in [6.07, 6.45) is 0. The summed E-state index contributed by atoms with van der Waals surface area (Å²) < 4.78 is 10.5. The van der Waals surface area contributed by atoms with Gasteiger partial charge in [-0.25, -0.2) is 0 Å². The quantitative estimate of drug-likeness (QED) is 0.616. The number of amides is 2. The predicted octanol–water partition coefficient (Wildman–Crippen LogP) is 3.86. The van der Waals surface area contributed by atoms with Crippen LogP contribution < -0.4 is 20.5 Å². The van der Waals surface area contributed by atoms with Crippen LogP contribution >= 0.6 is 11.6 Å². The van der Waals surface area contributed by atoms with Crippen molar-refractivity contribution in [3.8, 4) is 11.5 Å². The minimum Gasteiger partial charge on any atom is -0.493 e. The Kier molecular flexibility index (Phi) is 6.24. The Bertz CT molecular complexity index is 1060. The molecular formula is C22H21ClN2O4. The van der Waals surface area contributed by atoms with Crippen molar-refractivity contribution in [3.63, 3.8) is 0 Å². The lowest BCUT2D eigenvalue weighted by Crippen LogP contribution is -2.27. The van der Waals surface area contributed by atoms with Crippen LogP contribution in [0.4, 0.5) is 0 Å². The Morgan fingerprint density at radius 2 is 1.86 bits per heavy atom. The molecule has 3 N–H and O–H groups in total. The molecule has 0 aliphatic rings. The minimum absolute atomic E-state index is 0.147. The smallest absolute Gasteiger partial charge is 0.255 e. The van der Waals surface area contributed by atoms with Gasteiger partial charge in [-0.2, -0.15) is 0 Å². The summed E-state index contributed by atoms with van der Waals surface area (Å²) in [5.41, 5.74) is 6.42. The number of carbonyl (C=O) groups excluding carboxylic acids is 2. The number of primary amides is 1. The second kappa shape index (κ2) is 8.84. The van der Waals surface area contributed by atoms with Crippen LogP contribution in [0.3, 0.4) is 0 Å². The molecule has 0 aliphatic carbocycles. The van der Waals surface area contributed by atoms with Gasteiger partial charge in [-0.05, 0) is 35.4 Å². The lowest BCUT2D eigenvalue weighted by molar-refractivity contribution is -0.119. The van der Waals surface area contributed by atoms with Crippen LogP contribution in [0.5, 0.6) is 11.5 Å². The van der Waals surface area contributed by atoms with Gasteiger partial charge in [0.1, 0.15) is 0 Å². The number of nitrogens with two attached hydrogens (primary N) is 1. The van der Waals surface area contributed by atoms with Crippen molar-refractivity contribution in [2.24, 2.45) is 5.73 Å². The normalized spacial score (nSPS) is 11.7. The first kappa shape index (κ1) is 20.5. The van der Waals surface area contributed by atoms with Crippen LogP contribution in [0, 0.1) is 0 Å². The zero-order chi connectivity index (χ0) is 21.0. The highest BCUT2D eigenvalue weighted by Gasteiger charge is 2.19. The van der Waals surface area contributed by atoms with Gasteiger partial charge < -0.3 is 20.5 Å². The van der Waals surface area contributed by atoms with Crippen LogP contribution in [0.1, 0.15) is 28.9 Å². The van der Waals surface area contributed by atoms with Gasteiger partial charge in [-0.1, -0.05) is 54.1 Å². The van der Waals surface area contributed by atoms with Gasteiger partial charge in [0.25, 0.3) is 11.8 Å². The second-order valence-electron chi connectivity index (χ2n) is 6.51. The van der Waals surface area contributed by atoms with E-state index in [1.54, 1.807) is 0 Å². The SMILES string of the molecule is COc1cc(C(=O)NC(C)c2cccc3ccccc23)cc(Cl)c1OCC(N)=O. The van der Waals surface area contributed by atoms with Gasteiger partial charge in [0.15, 0.2) is 18.1 Å². The number of hydrogen-bond donors (Lipinski definition) is 2. The van der Waals surface area contributed by atoms with Gasteiger partial charge in [-0.15, -0.1) is 0 Å². The molecule has 3 rings (SSSR count). The van der Waals surface area contributed by atoms with Crippen molar-refractivity contribution in [1.29, 1.82) is 0 Å². The third kappa shape index (κ3) is 4.60. The summed E-state index contributed by atoms with van der Waals surface area (Å²) in [7, 11) is 1.42. The molecular weight excluding hydrogens is 392 g/mol. The molecule has 0 saturated carbocycles. The molecule has 0 radical (unpaired) electrons. The molecule has 7 heteroatoms. The van der Waals surface area contributed by atoms with E-state index in [0.717, 1.165) is 16.3 Å². The van der Waals surface area contributed by atoms with Crippen LogP contribution in [-0.4, -0.2) is 25.5 Å². The molecule has 2 amide bonds. The Balaban J connectivity index is 1.84. The summed E-state index contributed by atoms with van der Waals surface area (Å²) in [5, 5.41) is 5.31. The number of ether oxygens (including phenoxy) is 2. The van der Waals surface area contributed by atoms with Gasteiger partial charge in [0, 0.05) is 5.56 Å². The Morgan fingerprint density at radius 1 is 1.14 bits per heavy atom. The lowest BCUT2D eigenvalue weighted by atomic mass is 9.99. The summed E-state index contributed by atoms with van der Waals surface area (Å²) in [4.78, 5) is 23.8. The first-order valence-corrected chi connectivity index (χ1v) is 9.35. The van der Waals surface area contributed by atoms with Crippen molar-refractivity contribution >= 4 is 34.2 Å². The second-order valence-corrected chi connectivity index (χ2v) is 6.92. The van der Waals surface area contributed by atoms with Crippen LogP contribution in [-0.2, 0) is 4.79 Å². The lowest BCUT2D eigenvalue weighted by Gasteiger charge is -2.18. The summed E-state index contributed by atoms with van der Waals surface area (Å²) in [5.74, 6) is -0.561. The third-order valence-corrected chi connectivity index (χ3v) is 4.77. The molecule has 0 aliphatic heterocycles. The number of nitrogens with one attached hydrogen (secondary N) is 1. The molecule has 0 saturated heterocycles. The molecule has 3 aromatic carbocycles. The fourth-order valence-corrected chi connectivity index (χ4v) is 3.39. The van der Waals surface area contributed by atoms with Crippen molar-refractivity contribution < 1.29 is 19.1 Å². The molecule has 150 valence electrons. The van der Waals surface area contributed by atoms with Crippen LogP contribution in [0.25, 0.3) is 10.8 Å². The topological polar surface area (TPSA) is 90.7 Å². The zero-order valence-electron chi connectivity index (χ0n) is 16.1. The van der Waals surface area contributed by atoms with E-state index in [1.165, 1.54) is 19.2 Å². The minimum atomic E-state index is -0.645. The highest BCUT2D eigenvalue weighted by molar-refractivity contribution is 6.32. The van der Waals surface area contributed by atoms with Crippen LogP contribution in [0.15, 0.2) is 54.6 Å². The molecule has 0 spiro atoms. The maximum atomic E-state index is 12.8. The number of hydrogen-bond acceptors (Lipinski definition) is 4. The Labute approximate surface area is 173 Å². The van der Waals surface area contributed by atoms with E-state index in [-0.39, 0.29) is 35.1 Å². The third-order valence-electron chi connectivity index (χ3n) is 4.49. The largest absolute Gasteiger partial charge is 0.493 e. The number of rotatable bonds is 7. The molecule has 0 fully saturated rings. The Morgan fingerprint density at radius 3 is 2.59 bits per heavy atom. The molecule has 0 aromatic heterocycles. The monoisotopic (exact) mass is 412 g/mol. The molecule has 6 nitrogen and oxygen atoms in total. The molecule has 1 atom stereocenters. The first-order valence-electron chi connectivity index (χ1n) is 8.98. The van der Waals surface area contributed by atoms with Crippen LogP contribution in [0.2, 0.25) is 5.02 Å². The predicted molar refractivity (Wildman–Crippen MR) is 113 cm³/mol. The number of fused-ring (bicyclic) bond motifs is 1. The molecule has 1 unspecified atom stereocenters. The van der Waals surface area contributed by atoms with E-state index in [9.17, 15) is 9.59 Å². The number of carbonyl (C=O) groups is 2. The molecule has 3 aromatic rings. The molecule has 0 bridgehead atoms. The number of methoxy groups -OCH3 is 1. The Hall–Kier alpha value is -3.25. The average Bonchev–Trinajstić information content (AvgIpc) is 2.71. The molecule has 0 heterocycles. The highest BCUT2D eigenvalue weighted by Crippen LogP contribution is 2.36. The van der Waals surface area contributed by atoms with E-state index in [4.69, 9.17) is 26.8 Å². The highest BCUT2D eigenvalue weighted by atomic mass is 35.5. The van der Waals surface area contributed by atoms with E-state index in [0.29, 0.717) is 5.56 Å². The van der Waals surface area contributed by atoms with Crippen molar-refractivity contribution in [2.75, 3.05) is 13.7 Å². The maximum Gasteiger partial charge on any atom is 0.255 e. The average molecular weight is 413 g/mol. The summed E-state index contributed by atoms with van der Waals surface area (Å²) in [6.45, 7) is 1.57. The molecule has 29 heavy (non-hydrogen) atoms. The maximum absolute atomic E-state index is 12.8. The van der Waals surface area contributed by atoms with Gasteiger partial charge in [-0.3, -0.25) is 9.59 Å². The van der Waals surface area contributed by atoms with E-state index < -0.39 is 5.91 Å². The summed E-state index contributed by atoms with van der Waals surface area (Å²) in [6, 6.07) is 16.7. The fourth-order valence-electron chi connectivity index (χ4n) is 3.12. The van der Waals surface area contributed by atoms with Crippen molar-refractivity contribution in [1.82, 2.24) is 5.32 Å². The van der Waals surface area contributed by atoms with Gasteiger partial charge in [0.2, 0.25) is 0 Å². The van der Waals surface area contributed by atoms with Gasteiger partial charge >= 0.3 is 0 Å². The number of benzene rings is 3. The fraction of sp³-hybridized carbons (Fsp3) is 0.182. The summed E-state index contributed by atoms with van der Waals surface area (Å²) >= 11 is 6.24. The first-order chi connectivity index (χ1) is 13.9. The zero-order valence-corrected chi connectivity index (χ0v) is 16.8. The van der Waals surface area contributed by atoms with E-state index in [1.807, 2.05) is 49.4 Å². The van der Waals surface area contributed by atoms with Crippen molar-refractivity contribution in [3.05, 3.63) is 70.7 Å². The van der Waals surface area contributed by atoms with Gasteiger partial charge in [0.05, 0.1) is 18.2 Å². The van der Waals surface area contributed by atoms with E-state index >= 15 is 0 Å². The van der Waals surface area contributed by atoms with Crippen molar-refractivity contribution in [2.45, 2.75) is 13.0 Å².